The summed E-state index contributed by atoms with van der Waals surface area (Å²) in [5, 5.41) is 3.00. The second-order valence-electron chi connectivity index (χ2n) is 10.7. The van der Waals surface area contributed by atoms with Gasteiger partial charge in [0, 0.05) is 12.6 Å². The number of carbonyl (C=O) groups excluding carboxylic acids is 2. The van der Waals surface area contributed by atoms with Crippen molar-refractivity contribution < 1.29 is 22.7 Å². The van der Waals surface area contributed by atoms with E-state index in [4.69, 9.17) is 4.74 Å². The van der Waals surface area contributed by atoms with Crippen LogP contribution in [0.15, 0.2) is 71.6 Å². The third kappa shape index (κ3) is 7.91. The average molecular weight is 594 g/mol. The second-order valence-corrected chi connectivity index (χ2v) is 12.6. The molecular formula is C33H43N3O5S. The summed E-state index contributed by atoms with van der Waals surface area (Å²) in [7, 11) is -2.55. The number of ether oxygens (including phenoxy) is 1. The number of nitrogens with zero attached hydrogens (tertiary/aromatic N) is 2. The van der Waals surface area contributed by atoms with Crippen LogP contribution in [0.2, 0.25) is 0 Å². The van der Waals surface area contributed by atoms with Crippen molar-refractivity contribution in [3.63, 3.8) is 0 Å². The fourth-order valence-corrected chi connectivity index (χ4v) is 6.20. The number of methoxy groups -OCH3 is 1. The van der Waals surface area contributed by atoms with Crippen molar-refractivity contribution in [3.8, 4) is 5.75 Å². The van der Waals surface area contributed by atoms with Crippen molar-refractivity contribution in [2.75, 3.05) is 18.0 Å². The van der Waals surface area contributed by atoms with E-state index in [1.54, 1.807) is 49.6 Å². The lowest BCUT2D eigenvalue weighted by atomic mass is 10.1. The van der Waals surface area contributed by atoms with Crippen LogP contribution in [0.25, 0.3) is 0 Å². The number of aryl methyl sites for hydroxylation is 3. The predicted octanol–water partition coefficient (Wildman–Crippen LogP) is 5.54. The summed E-state index contributed by atoms with van der Waals surface area (Å²) in [4.78, 5) is 29.2. The van der Waals surface area contributed by atoms with Gasteiger partial charge in [-0.15, -0.1) is 0 Å². The third-order valence-corrected chi connectivity index (χ3v) is 9.18. The Hall–Kier alpha value is -3.85. The molecule has 3 rings (SSSR count). The second kappa shape index (κ2) is 14.4. The molecule has 0 radical (unpaired) electrons. The molecule has 2 amide bonds. The number of hydrogen-bond donors (Lipinski definition) is 1. The molecule has 0 heterocycles. The minimum absolute atomic E-state index is 0.0712. The van der Waals surface area contributed by atoms with Crippen LogP contribution in [0.4, 0.5) is 5.69 Å². The Balaban J connectivity index is 2.09. The molecule has 0 spiro atoms. The van der Waals surface area contributed by atoms with Crippen LogP contribution in [0.1, 0.15) is 55.9 Å². The molecule has 2 unspecified atom stereocenters. The van der Waals surface area contributed by atoms with Crippen molar-refractivity contribution in [1.82, 2.24) is 10.2 Å². The smallest absolute Gasteiger partial charge is 0.264 e. The largest absolute Gasteiger partial charge is 0.497 e. The Morgan fingerprint density at radius 1 is 0.881 bits per heavy atom. The molecule has 1 N–H and O–H groups in total. The first-order valence-electron chi connectivity index (χ1n) is 14.3. The fourth-order valence-electron chi connectivity index (χ4n) is 4.72. The zero-order valence-electron chi connectivity index (χ0n) is 25.7. The van der Waals surface area contributed by atoms with Crippen LogP contribution in [0.5, 0.6) is 5.75 Å². The van der Waals surface area contributed by atoms with Crippen LogP contribution in [0, 0.1) is 20.8 Å². The SMILES string of the molecule is CCC(C)NC(=O)C(CC)N(Cc1ccc(OC)cc1)C(=O)CN(c1ccc(C)cc1C)S(=O)(=O)c1ccc(C)cc1. The van der Waals surface area contributed by atoms with Crippen LogP contribution >= 0.6 is 0 Å². The molecule has 9 heteroatoms. The summed E-state index contributed by atoms with van der Waals surface area (Å²) in [5.74, 6) is -0.0794. The summed E-state index contributed by atoms with van der Waals surface area (Å²) in [6.45, 7) is 11.0. The van der Waals surface area contributed by atoms with Crippen molar-refractivity contribution >= 4 is 27.5 Å². The van der Waals surface area contributed by atoms with E-state index in [2.05, 4.69) is 5.32 Å². The standard InChI is InChI=1S/C33H43N3O5S/c1-8-26(6)34-33(38)30(9-2)35(21-27-13-15-28(41-7)16-14-27)32(37)22-36(31-19-12-24(4)20-25(31)5)42(39,40)29-17-10-23(3)11-18-29/h10-20,26,30H,8-9,21-22H2,1-7H3,(H,34,38). The number of sulfonamides is 1. The highest BCUT2D eigenvalue weighted by atomic mass is 32.2. The lowest BCUT2D eigenvalue weighted by Crippen LogP contribution is -2.53. The normalized spacial score (nSPS) is 12.7. The van der Waals surface area contributed by atoms with E-state index in [-0.39, 0.29) is 23.4 Å². The average Bonchev–Trinajstić information content (AvgIpc) is 2.96. The summed E-state index contributed by atoms with van der Waals surface area (Å²) in [6.07, 6.45) is 1.10. The van der Waals surface area contributed by atoms with Crippen LogP contribution in [0.3, 0.4) is 0 Å². The van der Waals surface area contributed by atoms with Crippen molar-refractivity contribution in [2.24, 2.45) is 0 Å². The van der Waals surface area contributed by atoms with Gasteiger partial charge in [-0.05, 0) is 82.0 Å². The summed E-state index contributed by atoms with van der Waals surface area (Å²) < 4.78 is 34.6. The highest BCUT2D eigenvalue weighted by Crippen LogP contribution is 2.29. The van der Waals surface area contributed by atoms with Gasteiger partial charge < -0.3 is 15.0 Å². The third-order valence-electron chi connectivity index (χ3n) is 7.41. The summed E-state index contributed by atoms with van der Waals surface area (Å²) in [6, 6.07) is 18.4. The Morgan fingerprint density at radius 3 is 2.05 bits per heavy atom. The van der Waals surface area contributed by atoms with E-state index in [0.717, 1.165) is 33.0 Å². The summed E-state index contributed by atoms with van der Waals surface area (Å²) in [5.41, 5.74) is 3.83. The van der Waals surface area contributed by atoms with Crippen molar-refractivity contribution in [3.05, 3.63) is 89.0 Å². The van der Waals surface area contributed by atoms with Gasteiger partial charge in [0.05, 0.1) is 17.7 Å². The quantitative estimate of drug-likeness (QED) is 0.281. The number of carbonyl (C=O) groups is 2. The molecule has 3 aromatic rings. The maximum atomic E-state index is 14.2. The van der Waals surface area contributed by atoms with E-state index in [9.17, 15) is 18.0 Å². The van der Waals surface area contributed by atoms with Gasteiger partial charge in [-0.1, -0.05) is 61.4 Å². The lowest BCUT2D eigenvalue weighted by Gasteiger charge is -2.34. The highest BCUT2D eigenvalue weighted by Gasteiger charge is 2.34. The molecule has 0 bridgehead atoms. The Kier molecular flexibility index (Phi) is 11.2. The molecular weight excluding hydrogens is 550 g/mol. The molecule has 0 saturated carbocycles. The van der Waals surface area contributed by atoms with Crippen LogP contribution < -0.4 is 14.4 Å². The first-order chi connectivity index (χ1) is 19.9. The maximum Gasteiger partial charge on any atom is 0.264 e. The molecule has 42 heavy (non-hydrogen) atoms. The molecule has 226 valence electrons. The Labute approximate surface area is 250 Å². The Bertz CT molecular complexity index is 1470. The van der Waals surface area contributed by atoms with E-state index >= 15 is 0 Å². The molecule has 0 aliphatic rings. The molecule has 0 aliphatic heterocycles. The number of nitrogens with one attached hydrogen (secondary N) is 1. The lowest BCUT2D eigenvalue weighted by molar-refractivity contribution is -0.140. The fraction of sp³-hybridized carbons (Fsp3) is 0.394. The molecule has 3 aromatic carbocycles. The van der Waals surface area contributed by atoms with Crippen molar-refractivity contribution in [2.45, 2.75) is 77.9 Å². The number of anilines is 1. The predicted molar refractivity (Wildman–Crippen MR) is 167 cm³/mol. The number of amides is 2. The monoisotopic (exact) mass is 593 g/mol. The minimum Gasteiger partial charge on any atom is -0.497 e. The molecule has 8 nitrogen and oxygen atoms in total. The zero-order chi connectivity index (χ0) is 31.0. The molecule has 0 fully saturated rings. The zero-order valence-corrected chi connectivity index (χ0v) is 26.5. The first-order valence-corrected chi connectivity index (χ1v) is 15.7. The maximum absolute atomic E-state index is 14.2. The number of hydrogen-bond acceptors (Lipinski definition) is 5. The molecule has 2 atom stereocenters. The van der Waals surface area contributed by atoms with Crippen LogP contribution in [-0.4, -0.2) is 50.9 Å². The van der Waals surface area contributed by atoms with E-state index in [1.807, 2.05) is 65.8 Å². The van der Waals surface area contributed by atoms with Gasteiger partial charge in [-0.2, -0.15) is 0 Å². The van der Waals surface area contributed by atoms with Crippen molar-refractivity contribution in [1.29, 1.82) is 0 Å². The van der Waals surface area contributed by atoms with E-state index in [0.29, 0.717) is 17.9 Å². The van der Waals surface area contributed by atoms with Gasteiger partial charge >= 0.3 is 0 Å². The van der Waals surface area contributed by atoms with Gasteiger partial charge in [0.1, 0.15) is 18.3 Å². The molecule has 0 saturated heterocycles. The van der Waals surface area contributed by atoms with Gasteiger partial charge in [-0.25, -0.2) is 8.42 Å². The van der Waals surface area contributed by atoms with E-state index in [1.165, 1.54) is 4.90 Å². The molecule has 0 aliphatic carbocycles. The highest BCUT2D eigenvalue weighted by molar-refractivity contribution is 7.92. The molecule has 0 aromatic heterocycles. The first kappa shape index (κ1) is 32.7. The van der Waals surface area contributed by atoms with Crippen LogP contribution in [-0.2, 0) is 26.2 Å². The van der Waals surface area contributed by atoms with E-state index < -0.39 is 28.5 Å². The van der Waals surface area contributed by atoms with Gasteiger partial charge in [0.15, 0.2) is 0 Å². The number of rotatable bonds is 13. The van der Waals surface area contributed by atoms with Gasteiger partial charge in [0.25, 0.3) is 10.0 Å². The van der Waals surface area contributed by atoms with Gasteiger partial charge in [-0.3, -0.25) is 13.9 Å². The topological polar surface area (TPSA) is 96.0 Å². The minimum atomic E-state index is -4.12. The summed E-state index contributed by atoms with van der Waals surface area (Å²) >= 11 is 0. The Morgan fingerprint density at radius 2 is 1.50 bits per heavy atom. The number of benzene rings is 3. The van der Waals surface area contributed by atoms with Gasteiger partial charge in [0.2, 0.25) is 11.8 Å².